The van der Waals surface area contributed by atoms with E-state index in [4.69, 9.17) is 4.74 Å². The molecule has 2 rings (SSSR count). The lowest BCUT2D eigenvalue weighted by Crippen LogP contribution is -2.44. The van der Waals surface area contributed by atoms with Crippen molar-refractivity contribution in [3.05, 3.63) is 29.8 Å². The van der Waals surface area contributed by atoms with Crippen molar-refractivity contribution in [2.45, 2.75) is 18.7 Å². The van der Waals surface area contributed by atoms with E-state index in [1.54, 1.807) is 23.1 Å². The predicted molar refractivity (Wildman–Crippen MR) is 95.9 cm³/mol. The van der Waals surface area contributed by atoms with Gasteiger partial charge in [-0.3, -0.25) is 9.69 Å². The summed E-state index contributed by atoms with van der Waals surface area (Å²) in [6, 6.07) is 6.76. The molecule has 1 aromatic rings. The topological polar surface area (TPSA) is 79.0 Å². The molecular formula is C17H27N3O4S. The van der Waals surface area contributed by atoms with Crippen molar-refractivity contribution in [1.82, 2.24) is 14.5 Å². The SMILES string of the molecule is CC(=O)N(CCNS(=O)(=O)c1cccc(C)c1)CCN1CCOCC1. The first-order valence-electron chi connectivity index (χ1n) is 8.50. The number of nitrogens with zero attached hydrogens (tertiary/aromatic N) is 2. The van der Waals surface area contributed by atoms with Gasteiger partial charge in [-0.15, -0.1) is 0 Å². The number of sulfonamides is 1. The molecule has 1 aromatic carbocycles. The van der Waals surface area contributed by atoms with Crippen LogP contribution >= 0.6 is 0 Å². The van der Waals surface area contributed by atoms with Gasteiger partial charge in [-0.05, 0) is 24.6 Å². The number of aryl methyl sites for hydroxylation is 1. The summed E-state index contributed by atoms with van der Waals surface area (Å²) in [5.41, 5.74) is 0.888. The molecule has 0 unspecified atom stereocenters. The van der Waals surface area contributed by atoms with Crippen LogP contribution in [0.4, 0.5) is 0 Å². The first kappa shape index (κ1) is 19.8. The van der Waals surface area contributed by atoms with Crippen molar-refractivity contribution < 1.29 is 17.9 Å². The molecule has 0 radical (unpaired) electrons. The van der Waals surface area contributed by atoms with Crippen LogP contribution in [0.5, 0.6) is 0 Å². The van der Waals surface area contributed by atoms with Gasteiger partial charge >= 0.3 is 0 Å². The summed E-state index contributed by atoms with van der Waals surface area (Å²) in [5, 5.41) is 0. The molecule has 8 heteroatoms. The first-order valence-corrected chi connectivity index (χ1v) is 9.99. The molecular weight excluding hydrogens is 342 g/mol. The molecule has 7 nitrogen and oxygen atoms in total. The zero-order valence-electron chi connectivity index (χ0n) is 14.9. The molecule has 0 aromatic heterocycles. The Bertz CT molecular complexity index is 672. The minimum Gasteiger partial charge on any atom is -0.379 e. The van der Waals surface area contributed by atoms with E-state index >= 15 is 0 Å². The normalized spacial score (nSPS) is 15.9. The van der Waals surface area contributed by atoms with Gasteiger partial charge in [-0.25, -0.2) is 13.1 Å². The minimum absolute atomic E-state index is 0.0528. The molecule has 0 spiro atoms. The smallest absolute Gasteiger partial charge is 0.240 e. The summed E-state index contributed by atoms with van der Waals surface area (Å²) in [7, 11) is -3.55. The monoisotopic (exact) mass is 369 g/mol. The highest BCUT2D eigenvalue weighted by atomic mass is 32.2. The zero-order valence-corrected chi connectivity index (χ0v) is 15.7. The third kappa shape index (κ3) is 6.39. The molecule has 0 bridgehead atoms. The summed E-state index contributed by atoms with van der Waals surface area (Å²) in [6.07, 6.45) is 0. The number of benzene rings is 1. The second kappa shape index (κ2) is 9.28. The van der Waals surface area contributed by atoms with Crippen molar-refractivity contribution in [3.63, 3.8) is 0 Å². The largest absolute Gasteiger partial charge is 0.379 e. The molecule has 1 fully saturated rings. The van der Waals surface area contributed by atoms with Crippen LogP contribution in [0.3, 0.4) is 0 Å². The Hall–Kier alpha value is -1.48. The second-order valence-corrected chi connectivity index (χ2v) is 7.94. The number of hydrogen-bond donors (Lipinski definition) is 1. The van der Waals surface area contributed by atoms with E-state index in [0.717, 1.165) is 38.4 Å². The van der Waals surface area contributed by atoms with Crippen LogP contribution in [-0.2, 0) is 19.6 Å². The van der Waals surface area contributed by atoms with Gasteiger partial charge in [0.1, 0.15) is 0 Å². The molecule has 1 heterocycles. The van der Waals surface area contributed by atoms with Crippen molar-refractivity contribution in [3.8, 4) is 0 Å². The highest BCUT2D eigenvalue weighted by Crippen LogP contribution is 2.10. The van der Waals surface area contributed by atoms with Crippen LogP contribution < -0.4 is 4.72 Å². The summed E-state index contributed by atoms with van der Waals surface area (Å²) in [4.78, 5) is 16.0. The van der Waals surface area contributed by atoms with E-state index in [-0.39, 0.29) is 17.3 Å². The Labute approximate surface area is 150 Å². The molecule has 0 atom stereocenters. The summed E-state index contributed by atoms with van der Waals surface area (Å²) in [6.45, 7) is 8.43. The molecule has 1 amide bonds. The fourth-order valence-electron chi connectivity index (χ4n) is 2.69. The molecule has 1 aliphatic heterocycles. The van der Waals surface area contributed by atoms with E-state index in [2.05, 4.69) is 9.62 Å². The van der Waals surface area contributed by atoms with Crippen molar-refractivity contribution in [2.75, 3.05) is 52.5 Å². The molecule has 1 N–H and O–H groups in total. The molecule has 140 valence electrons. The number of carbonyl (C=O) groups excluding carboxylic acids is 1. The minimum atomic E-state index is -3.55. The van der Waals surface area contributed by atoms with Gasteiger partial charge in [0.05, 0.1) is 18.1 Å². The summed E-state index contributed by atoms with van der Waals surface area (Å²) >= 11 is 0. The maximum atomic E-state index is 12.3. The summed E-state index contributed by atoms with van der Waals surface area (Å²) in [5.74, 6) is -0.0528. The maximum absolute atomic E-state index is 12.3. The third-order valence-corrected chi connectivity index (χ3v) is 5.67. The van der Waals surface area contributed by atoms with Crippen LogP contribution in [0.1, 0.15) is 12.5 Å². The Morgan fingerprint density at radius 2 is 2.00 bits per heavy atom. The standard InChI is InChI=1S/C17H27N3O4S/c1-15-4-3-5-17(14-15)25(22,23)18-6-7-20(16(2)21)9-8-19-10-12-24-13-11-19/h3-5,14,18H,6-13H2,1-2H3. The molecule has 1 aliphatic rings. The van der Waals surface area contributed by atoms with Crippen LogP contribution in [-0.4, -0.2) is 76.6 Å². The molecule has 25 heavy (non-hydrogen) atoms. The number of ether oxygens (including phenoxy) is 1. The first-order chi connectivity index (χ1) is 11.9. The summed E-state index contributed by atoms with van der Waals surface area (Å²) < 4.78 is 32.5. The maximum Gasteiger partial charge on any atom is 0.240 e. The highest BCUT2D eigenvalue weighted by molar-refractivity contribution is 7.89. The van der Waals surface area contributed by atoms with Crippen molar-refractivity contribution in [1.29, 1.82) is 0 Å². The van der Waals surface area contributed by atoms with Gasteiger partial charge in [0, 0.05) is 46.2 Å². The van der Waals surface area contributed by atoms with E-state index in [9.17, 15) is 13.2 Å². The Balaban J connectivity index is 1.83. The van der Waals surface area contributed by atoms with E-state index in [1.165, 1.54) is 6.92 Å². The van der Waals surface area contributed by atoms with Gasteiger partial charge in [-0.2, -0.15) is 0 Å². The van der Waals surface area contributed by atoms with Crippen LogP contribution in [0, 0.1) is 6.92 Å². The number of carbonyl (C=O) groups is 1. The fraction of sp³-hybridized carbons (Fsp3) is 0.588. The number of nitrogens with one attached hydrogen (secondary N) is 1. The lowest BCUT2D eigenvalue weighted by Gasteiger charge is -2.29. The fourth-order valence-corrected chi connectivity index (χ4v) is 3.82. The van der Waals surface area contributed by atoms with Crippen molar-refractivity contribution >= 4 is 15.9 Å². The van der Waals surface area contributed by atoms with E-state index in [1.807, 2.05) is 13.0 Å². The second-order valence-electron chi connectivity index (χ2n) is 6.17. The van der Waals surface area contributed by atoms with Gasteiger partial charge in [0.15, 0.2) is 0 Å². The Morgan fingerprint density at radius 3 is 2.64 bits per heavy atom. The zero-order chi connectivity index (χ0) is 18.3. The number of amides is 1. The predicted octanol–water partition coefficient (Wildman–Crippen LogP) is 0.454. The van der Waals surface area contributed by atoms with Crippen molar-refractivity contribution in [2.24, 2.45) is 0 Å². The molecule has 0 saturated carbocycles. The Kier molecular flexibility index (Phi) is 7.37. The van der Waals surface area contributed by atoms with E-state index < -0.39 is 10.0 Å². The number of rotatable bonds is 8. The molecule has 0 aliphatic carbocycles. The molecule has 1 saturated heterocycles. The van der Waals surface area contributed by atoms with Gasteiger partial charge < -0.3 is 9.64 Å². The van der Waals surface area contributed by atoms with Gasteiger partial charge in [0.2, 0.25) is 15.9 Å². The van der Waals surface area contributed by atoms with Crippen LogP contribution in [0.15, 0.2) is 29.2 Å². The van der Waals surface area contributed by atoms with Crippen LogP contribution in [0.25, 0.3) is 0 Å². The quantitative estimate of drug-likeness (QED) is 0.720. The van der Waals surface area contributed by atoms with Crippen LogP contribution in [0.2, 0.25) is 0 Å². The van der Waals surface area contributed by atoms with E-state index in [0.29, 0.717) is 13.1 Å². The number of morpholine rings is 1. The lowest BCUT2D eigenvalue weighted by atomic mass is 10.2. The van der Waals surface area contributed by atoms with Gasteiger partial charge in [-0.1, -0.05) is 12.1 Å². The highest BCUT2D eigenvalue weighted by Gasteiger charge is 2.17. The van der Waals surface area contributed by atoms with Gasteiger partial charge in [0.25, 0.3) is 0 Å². The average Bonchev–Trinajstić information content (AvgIpc) is 2.58. The number of hydrogen-bond acceptors (Lipinski definition) is 5. The Morgan fingerprint density at radius 1 is 1.28 bits per heavy atom. The lowest BCUT2D eigenvalue weighted by molar-refractivity contribution is -0.129. The third-order valence-electron chi connectivity index (χ3n) is 4.21. The average molecular weight is 369 g/mol.